The van der Waals surface area contributed by atoms with Gasteiger partial charge in [0.05, 0.1) is 6.21 Å². The lowest BCUT2D eigenvalue weighted by molar-refractivity contribution is 0.0730. The van der Waals surface area contributed by atoms with Crippen LogP contribution in [0.3, 0.4) is 0 Å². The first kappa shape index (κ1) is 18.2. The van der Waals surface area contributed by atoms with Gasteiger partial charge in [0.2, 0.25) is 0 Å². The predicted molar refractivity (Wildman–Crippen MR) is 104 cm³/mol. The lowest BCUT2D eigenvalue weighted by Crippen LogP contribution is -2.32. The summed E-state index contributed by atoms with van der Waals surface area (Å²) in [4.78, 5) is 19.7. The second kappa shape index (κ2) is 8.17. The molecule has 1 saturated carbocycles. The summed E-state index contributed by atoms with van der Waals surface area (Å²) in [6.45, 7) is 5.04. The fourth-order valence-electron chi connectivity index (χ4n) is 2.95. The van der Waals surface area contributed by atoms with Gasteiger partial charge in [-0.15, -0.1) is 0 Å². The normalized spacial score (nSPS) is 14.0. The van der Waals surface area contributed by atoms with Crippen molar-refractivity contribution in [3.63, 3.8) is 0 Å². The third-order valence-corrected chi connectivity index (χ3v) is 4.71. The Kier molecular flexibility index (Phi) is 5.71. The minimum absolute atomic E-state index is 0.0932. The fraction of sp³-hybridized carbons (Fsp3) is 0.364. The van der Waals surface area contributed by atoms with E-state index in [0.717, 1.165) is 18.4 Å². The second-order valence-corrected chi connectivity index (χ2v) is 7.10. The van der Waals surface area contributed by atoms with E-state index < -0.39 is 0 Å². The van der Waals surface area contributed by atoms with Crippen molar-refractivity contribution >= 4 is 12.1 Å². The number of benzene rings is 2. The molecule has 0 bridgehead atoms. The average Bonchev–Trinajstić information content (AvgIpc) is 3.50. The topological polar surface area (TPSA) is 41.9 Å². The molecule has 0 saturated heterocycles. The van der Waals surface area contributed by atoms with E-state index in [9.17, 15) is 4.79 Å². The van der Waals surface area contributed by atoms with Gasteiger partial charge in [0, 0.05) is 18.2 Å². The highest BCUT2D eigenvalue weighted by Crippen LogP contribution is 2.30. The number of nitrogens with zero attached hydrogens (tertiary/aromatic N) is 2. The van der Waals surface area contributed by atoms with Crippen molar-refractivity contribution in [2.45, 2.75) is 45.2 Å². The van der Waals surface area contributed by atoms with Crippen LogP contribution in [0.15, 0.2) is 53.7 Å². The van der Waals surface area contributed by atoms with Gasteiger partial charge >= 0.3 is 0 Å². The van der Waals surface area contributed by atoms with Gasteiger partial charge < -0.3 is 9.74 Å². The third kappa shape index (κ3) is 4.51. The van der Waals surface area contributed by atoms with Gasteiger partial charge in [0.1, 0.15) is 7.11 Å². The molecule has 0 radical (unpaired) electrons. The molecule has 0 aliphatic heterocycles. The molecule has 2 aromatic carbocycles. The first-order valence-electron chi connectivity index (χ1n) is 9.15. The molecule has 1 aliphatic rings. The number of carbonyl (C=O) groups is 1. The molecule has 0 atom stereocenters. The van der Waals surface area contributed by atoms with Crippen molar-refractivity contribution in [1.82, 2.24) is 4.90 Å². The van der Waals surface area contributed by atoms with E-state index in [1.165, 1.54) is 18.2 Å². The molecular weight excluding hydrogens is 324 g/mol. The quantitative estimate of drug-likeness (QED) is 0.541. The van der Waals surface area contributed by atoms with Crippen molar-refractivity contribution in [2.75, 3.05) is 7.11 Å². The van der Waals surface area contributed by atoms with Crippen molar-refractivity contribution in [3.05, 3.63) is 70.8 Å². The molecule has 0 aromatic heterocycles. The molecule has 1 amide bonds. The highest BCUT2D eigenvalue weighted by molar-refractivity contribution is 5.95. The molecule has 3 rings (SSSR count). The van der Waals surface area contributed by atoms with Crippen molar-refractivity contribution in [3.8, 4) is 0 Å². The summed E-state index contributed by atoms with van der Waals surface area (Å²) in [6, 6.07) is 16.5. The van der Waals surface area contributed by atoms with Crippen molar-refractivity contribution in [2.24, 2.45) is 5.16 Å². The molecule has 0 unspecified atom stereocenters. The summed E-state index contributed by atoms with van der Waals surface area (Å²) in [5, 5.41) is 3.74. The number of hydrogen-bond donors (Lipinski definition) is 0. The molecule has 0 N–H and O–H groups in total. The zero-order chi connectivity index (χ0) is 18.5. The van der Waals surface area contributed by atoms with E-state index >= 15 is 0 Å². The third-order valence-electron chi connectivity index (χ3n) is 4.71. The molecule has 2 aromatic rings. The van der Waals surface area contributed by atoms with Crippen LogP contribution in [0.2, 0.25) is 0 Å². The summed E-state index contributed by atoms with van der Waals surface area (Å²) in [5.41, 5.74) is 4.13. The van der Waals surface area contributed by atoms with Gasteiger partial charge in [-0.05, 0) is 47.6 Å². The van der Waals surface area contributed by atoms with Crippen LogP contribution in [-0.2, 0) is 11.4 Å². The minimum Gasteiger partial charge on any atom is -0.399 e. The van der Waals surface area contributed by atoms with E-state index in [1.807, 2.05) is 29.2 Å². The van der Waals surface area contributed by atoms with E-state index in [0.29, 0.717) is 24.1 Å². The number of carbonyl (C=O) groups excluding carboxylic acids is 1. The highest BCUT2D eigenvalue weighted by Gasteiger charge is 2.33. The summed E-state index contributed by atoms with van der Waals surface area (Å²) in [6.07, 6.45) is 3.81. The molecule has 1 aliphatic carbocycles. The Hall–Kier alpha value is -2.62. The Bertz CT molecular complexity index is 760. The van der Waals surface area contributed by atoms with Crippen molar-refractivity contribution in [1.29, 1.82) is 0 Å². The molecule has 0 heterocycles. The fourth-order valence-corrected chi connectivity index (χ4v) is 2.95. The monoisotopic (exact) mass is 350 g/mol. The van der Waals surface area contributed by atoms with Crippen LogP contribution >= 0.6 is 0 Å². The van der Waals surface area contributed by atoms with Crippen LogP contribution in [0, 0.1) is 0 Å². The Morgan fingerprint density at radius 2 is 1.81 bits per heavy atom. The largest absolute Gasteiger partial charge is 0.399 e. The van der Waals surface area contributed by atoms with Gasteiger partial charge in [-0.2, -0.15) is 0 Å². The number of hydrogen-bond acceptors (Lipinski definition) is 3. The number of amides is 1. The maximum absolute atomic E-state index is 13.0. The van der Waals surface area contributed by atoms with Crippen LogP contribution in [-0.4, -0.2) is 30.2 Å². The first-order valence-corrected chi connectivity index (χ1v) is 9.15. The van der Waals surface area contributed by atoms with Crippen LogP contribution in [0.1, 0.15) is 59.7 Å². The first-order chi connectivity index (χ1) is 12.6. The Morgan fingerprint density at radius 1 is 1.15 bits per heavy atom. The Balaban J connectivity index is 1.73. The van der Waals surface area contributed by atoms with E-state index in [4.69, 9.17) is 0 Å². The van der Waals surface area contributed by atoms with E-state index in [-0.39, 0.29) is 5.91 Å². The minimum atomic E-state index is 0.0932. The molecule has 136 valence electrons. The summed E-state index contributed by atoms with van der Waals surface area (Å²) in [7, 11) is 1.51. The molecule has 0 spiro atoms. The number of oxime groups is 1. The zero-order valence-corrected chi connectivity index (χ0v) is 15.7. The number of rotatable bonds is 7. The SMILES string of the molecule is CO/N=C/c1ccc(C(=O)N(Cc2ccc(C(C)C)cc2)C2CC2)cc1. The van der Waals surface area contributed by atoms with Gasteiger partial charge in [-0.3, -0.25) is 4.79 Å². The maximum Gasteiger partial charge on any atom is 0.254 e. The highest BCUT2D eigenvalue weighted by atomic mass is 16.6. The summed E-state index contributed by atoms with van der Waals surface area (Å²) in [5.74, 6) is 0.612. The smallest absolute Gasteiger partial charge is 0.254 e. The Morgan fingerprint density at radius 3 is 2.35 bits per heavy atom. The van der Waals surface area contributed by atoms with E-state index in [2.05, 4.69) is 48.1 Å². The zero-order valence-electron chi connectivity index (χ0n) is 15.7. The molecule has 26 heavy (non-hydrogen) atoms. The lowest BCUT2D eigenvalue weighted by atomic mass is 10.0. The van der Waals surface area contributed by atoms with Gasteiger partial charge in [0.15, 0.2) is 0 Å². The molecular formula is C22H26N2O2. The molecule has 4 heteroatoms. The second-order valence-electron chi connectivity index (χ2n) is 7.10. The summed E-state index contributed by atoms with van der Waals surface area (Å²) >= 11 is 0. The van der Waals surface area contributed by atoms with Crippen LogP contribution < -0.4 is 0 Å². The standard InChI is InChI=1S/C22H26N2O2/c1-16(2)19-8-6-18(7-9-19)15-24(21-12-13-21)22(25)20-10-4-17(5-11-20)14-23-26-3/h4-11,14,16,21H,12-13,15H2,1-3H3/b23-14+. The Labute approximate surface area is 155 Å². The molecule has 4 nitrogen and oxygen atoms in total. The average molecular weight is 350 g/mol. The van der Waals surface area contributed by atoms with E-state index in [1.54, 1.807) is 6.21 Å². The maximum atomic E-state index is 13.0. The molecule has 1 fully saturated rings. The van der Waals surface area contributed by atoms with Gasteiger partial charge in [-0.1, -0.05) is 55.4 Å². The van der Waals surface area contributed by atoms with Crippen molar-refractivity contribution < 1.29 is 9.63 Å². The van der Waals surface area contributed by atoms with Crippen LogP contribution in [0.4, 0.5) is 0 Å². The van der Waals surface area contributed by atoms with Crippen LogP contribution in [0.5, 0.6) is 0 Å². The van der Waals surface area contributed by atoms with Crippen LogP contribution in [0.25, 0.3) is 0 Å². The van der Waals surface area contributed by atoms with Gasteiger partial charge in [0.25, 0.3) is 5.91 Å². The van der Waals surface area contributed by atoms with Gasteiger partial charge in [-0.25, -0.2) is 0 Å². The lowest BCUT2D eigenvalue weighted by Gasteiger charge is -2.23. The summed E-state index contributed by atoms with van der Waals surface area (Å²) < 4.78 is 0. The predicted octanol–water partition coefficient (Wildman–Crippen LogP) is 4.60.